The molecule has 0 aromatic heterocycles. The van der Waals surface area contributed by atoms with Gasteiger partial charge in [0.25, 0.3) is 0 Å². The fraction of sp³-hybridized carbons (Fsp3) is 1.00. The van der Waals surface area contributed by atoms with Crippen molar-refractivity contribution in [1.82, 2.24) is 0 Å². The largest absolute Gasteiger partial charge is 0.346 e. The van der Waals surface area contributed by atoms with E-state index in [-0.39, 0.29) is 12.4 Å². The van der Waals surface area contributed by atoms with Crippen LogP contribution in [0.15, 0.2) is 0 Å². The first kappa shape index (κ1) is 16.3. The zero-order valence-corrected chi connectivity index (χ0v) is 15.0. The van der Waals surface area contributed by atoms with Gasteiger partial charge in [-0.2, -0.15) is 0 Å². The predicted octanol–water partition coefficient (Wildman–Crippen LogP) is 4.43. The van der Waals surface area contributed by atoms with Crippen LogP contribution in [-0.2, 0) is 19.2 Å². The maximum absolute atomic E-state index is 6.53. The van der Waals surface area contributed by atoms with Gasteiger partial charge in [0.15, 0.2) is 11.9 Å². The highest BCUT2D eigenvalue weighted by Gasteiger charge is 2.69. The zero-order valence-electron chi connectivity index (χ0n) is 15.0. The van der Waals surface area contributed by atoms with E-state index in [1.54, 1.807) is 0 Å². The molecule has 1 saturated carbocycles. The third-order valence-electron chi connectivity index (χ3n) is 7.14. The summed E-state index contributed by atoms with van der Waals surface area (Å²) in [6, 6.07) is 0. The molecule has 5 fully saturated rings. The fourth-order valence-electron chi connectivity index (χ4n) is 5.71. The van der Waals surface area contributed by atoms with Gasteiger partial charge in [-0.3, -0.25) is 0 Å². The van der Waals surface area contributed by atoms with E-state index in [0.717, 1.165) is 19.3 Å². The molecule has 0 amide bonds. The van der Waals surface area contributed by atoms with Crippen LogP contribution < -0.4 is 0 Å². The predicted molar refractivity (Wildman–Crippen MR) is 86.4 cm³/mol. The lowest BCUT2D eigenvalue weighted by Gasteiger charge is -2.60. The minimum atomic E-state index is -0.645. The van der Waals surface area contributed by atoms with Crippen LogP contribution in [0.5, 0.6) is 0 Å². The van der Waals surface area contributed by atoms with Gasteiger partial charge in [0.2, 0.25) is 5.79 Å². The van der Waals surface area contributed by atoms with Crippen LogP contribution in [0, 0.1) is 23.7 Å². The van der Waals surface area contributed by atoms with Crippen molar-refractivity contribution in [2.24, 2.45) is 23.7 Å². The van der Waals surface area contributed by atoms with E-state index in [0.29, 0.717) is 23.7 Å². The highest BCUT2D eigenvalue weighted by Crippen LogP contribution is 2.60. The lowest BCUT2D eigenvalue weighted by Crippen LogP contribution is -2.70. The average molecular weight is 324 g/mol. The van der Waals surface area contributed by atoms with Gasteiger partial charge >= 0.3 is 0 Å². The van der Waals surface area contributed by atoms with Crippen LogP contribution in [0.25, 0.3) is 0 Å². The normalized spacial score (nSPS) is 55.3. The summed E-state index contributed by atoms with van der Waals surface area (Å²) in [4.78, 5) is 12.0. The Morgan fingerprint density at radius 2 is 1.87 bits per heavy atom. The molecule has 4 heteroatoms. The van der Waals surface area contributed by atoms with Gasteiger partial charge in [-0.05, 0) is 50.4 Å². The summed E-state index contributed by atoms with van der Waals surface area (Å²) >= 11 is 0. The van der Waals surface area contributed by atoms with Crippen molar-refractivity contribution in [3.63, 3.8) is 0 Å². The number of fused-ring (bicyclic) bond motifs is 2. The highest BCUT2D eigenvalue weighted by atomic mass is 17.3. The highest BCUT2D eigenvalue weighted by molar-refractivity contribution is 5.09. The lowest BCUT2D eigenvalue weighted by atomic mass is 9.57. The van der Waals surface area contributed by atoms with Gasteiger partial charge < -0.3 is 9.47 Å². The Balaban J connectivity index is 1.70. The topological polar surface area (TPSA) is 36.9 Å². The second kappa shape index (κ2) is 5.69. The van der Waals surface area contributed by atoms with Gasteiger partial charge in [0.1, 0.15) is 0 Å². The van der Waals surface area contributed by atoms with Crippen molar-refractivity contribution in [2.75, 3.05) is 0 Å². The second-order valence-electron chi connectivity index (χ2n) is 8.59. The third-order valence-corrected chi connectivity index (χ3v) is 7.14. The van der Waals surface area contributed by atoms with Crippen LogP contribution in [-0.4, -0.2) is 23.8 Å². The van der Waals surface area contributed by atoms with E-state index in [2.05, 4.69) is 20.8 Å². The van der Waals surface area contributed by atoms with Crippen molar-refractivity contribution in [1.29, 1.82) is 0 Å². The molecule has 132 valence electrons. The average Bonchev–Trinajstić information content (AvgIpc) is 2.76. The molecule has 5 aliphatic rings. The maximum atomic E-state index is 6.53. The van der Waals surface area contributed by atoms with Gasteiger partial charge in [-0.25, -0.2) is 9.78 Å². The van der Waals surface area contributed by atoms with Crippen molar-refractivity contribution in [2.45, 2.75) is 96.4 Å². The molecule has 5 rings (SSSR count). The Labute approximate surface area is 140 Å². The number of ether oxygens (including phenoxy) is 2. The van der Waals surface area contributed by atoms with Crippen LogP contribution in [0.1, 0.15) is 72.6 Å². The molecule has 23 heavy (non-hydrogen) atoms. The summed E-state index contributed by atoms with van der Waals surface area (Å²) in [5.74, 6) is 1.46. The molecule has 1 aliphatic carbocycles. The number of rotatable bonds is 3. The summed E-state index contributed by atoms with van der Waals surface area (Å²) in [7, 11) is 0. The molecule has 0 aromatic carbocycles. The minimum Gasteiger partial charge on any atom is -0.346 e. The van der Waals surface area contributed by atoms with E-state index in [9.17, 15) is 0 Å². The zero-order chi connectivity index (χ0) is 16.2. The Kier molecular flexibility index (Phi) is 4.03. The molecule has 0 aromatic rings. The molecular formula is C19H32O4. The monoisotopic (exact) mass is 324 g/mol. The second-order valence-corrected chi connectivity index (χ2v) is 8.59. The molecule has 1 spiro atoms. The summed E-state index contributed by atoms with van der Waals surface area (Å²) in [5.41, 5.74) is -0.393. The third kappa shape index (κ3) is 2.32. The first-order chi connectivity index (χ1) is 11.0. The number of unbranched alkanes of at least 4 members (excludes halogenated alkanes) is 1. The van der Waals surface area contributed by atoms with Crippen molar-refractivity contribution in [3.8, 4) is 0 Å². The van der Waals surface area contributed by atoms with Crippen molar-refractivity contribution in [3.05, 3.63) is 0 Å². The minimum absolute atomic E-state index is 0.264. The van der Waals surface area contributed by atoms with E-state index >= 15 is 0 Å². The molecule has 4 nitrogen and oxygen atoms in total. The Hall–Kier alpha value is -0.160. The van der Waals surface area contributed by atoms with E-state index in [1.807, 2.05) is 6.92 Å². The van der Waals surface area contributed by atoms with Gasteiger partial charge in [-0.15, -0.1) is 0 Å². The Morgan fingerprint density at radius 1 is 1.04 bits per heavy atom. The number of hydrogen-bond acceptors (Lipinski definition) is 4. The lowest BCUT2D eigenvalue weighted by molar-refractivity contribution is -0.571. The molecule has 8 atom stereocenters. The summed E-state index contributed by atoms with van der Waals surface area (Å²) in [6.45, 7) is 8.96. The van der Waals surface area contributed by atoms with E-state index < -0.39 is 11.4 Å². The summed E-state index contributed by atoms with van der Waals surface area (Å²) in [6.07, 6.45) is 8.07. The molecular weight excluding hydrogens is 292 g/mol. The van der Waals surface area contributed by atoms with Gasteiger partial charge in [0.05, 0.1) is 6.10 Å². The molecule has 0 N–H and O–H groups in total. The standard InChI is InChI=1S/C19H32O4/c1-5-6-7-16-13(3)15-9-8-12(2)14-10-11-18(4)21-17(20-16)19(14,15)23-22-18/h12-17H,5-11H2,1-4H3/t12-,13-,14+,15+,16-,17-,18?,19?/m1/s1. The molecule has 2 unspecified atom stereocenters. The molecule has 0 radical (unpaired) electrons. The summed E-state index contributed by atoms with van der Waals surface area (Å²) in [5, 5.41) is 0. The quantitative estimate of drug-likeness (QED) is 0.720. The fourth-order valence-corrected chi connectivity index (χ4v) is 5.71. The van der Waals surface area contributed by atoms with E-state index in [4.69, 9.17) is 19.2 Å². The van der Waals surface area contributed by atoms with Crippen LogP contribution >= 0.6 is 0 Å². The summed E-state index contributed by atoms with van der Waals surface area (Å²) < 4.78 is 12.9. The maximum Gasteiger partial charge on any atom is 0.201 e. The smallest absolute Gasteiger partial charge is 0.201 e. The van der Waals surface area contributed by atoms with Crippen LogP contribution in [0.3, 0.4) is 0 Å². The molecule has 2 bridgehead atoms. The first-order valence-corrected chi connectivity index (χ1v) is 9.70. The molecule has 4 aliphatic heterocycles. The number of hydrogen-bond donors (Lipinski definition) is 0. The van der Waals surface area contributed by atoms with Crippen LogP contribution in [0.2, 0.25) is 0 Å². The van der Waals surface area contributed by atoms with Crippen molar-refractivity contribution < 1.29 is 19.2 Å². The van der Waals surface area contributed by atoms with Gasteiger partial charge in [-0.1, -0.05) is 33.6 Å². The first-order valence-electron chi connectivity index (χ1n) is 9.70. The molecule has 4 heterocycles. The Bertz CT molecular complexity index is 455. The molecule has 4 saturated heterocycles. The Morgan fingerprint density at radius 3 is 2.65 bits per heavy atom. The SMILES string of the molecule is CCCC[C@H]1O[C@@H]2OC3(C)CC[C@H]4[C@H](C)CC[C@@H]([C@H]1C)C24OO3. The van der Waals surface area contributed by atoms with Crippen molar-refractivity contribution >= 4 is 0 Å². The van der Waals surface area contributed by atoms with Gasteiger partial charge in [0, 0.05) is 12.3 Å². The van der Waals surface area contributed by atoms with E-state index in [1.165, 1.54) is 25.7 Å². The van der Waals surface area contributed by atoms with Crippen LogP contribution in [0.4, 0.5) is 0 Å².